The highest BCUT2D eigenvalue weighted by Gasteiger charge is 1.93. The summed E-state index contributed by atoms with van der Waals surface area (Å²) in [6, 6.07) is 0. The number of hydrogen-bond donors (Lipinski definition) is 2. The van der Waals surface area contributed by atoms with Gasteiger partial charge in [-0.25, -0.2) is 0 Å². The number of nitrogens with zero attached hydrogens (tertiary/aromatic N) is 2. The van der Waals surface area contributed by atoms with Gasteiger partial charge in [0.2, 0.25) is 0 Å². The molecule has 82 valence electrons. The van der Waals surface area contributed by atoms with Crippen LogP contribution in [-0.2, 0) is 0 Å². The van der Waals surface area contributed by atoms with Crippen LogP contribution in [0.3, 0.4) is 0 Å². The molecule has 0 unspecified atom stereocenters. The quantitative estimate of drug-likeness (QED) is 0.628. The average Bonchev–Trinajstić information content (AvgIpc) is 2.22. The molecule has 0 aromatic rings. The zero-order valence-corrected chi connectivity index (χ0v) is 8.97. The Morgan fingerprint density at radius 3 is 1.29 bits per heavy atom. The third-order valence-electron chi connectivity index (χ3n) is 2.52. The Morgan fingerprint density at radius 1 is 0.500 bits per heavy atom. The van der Waals surface area contributed by atoms with Gasteiger partial charge in [-0.1, -0.05) is 49.0 Å². The molecule has 0 spiro atoms. The maximum Gasteiger partial charge on any atom is 0.0347 e. The molecule has 14 heavy (non-hydrogen) atoms. The van der Waals surface area contributed by atoms with E-state index >= 15 is 0 Å². The Morgan fingerprint density at radius 2 is 0.857 bits per heavy atom. The SMILES string of the molecule is C1CCCCCNN=NNCCCC1. The molecule has 0 aromatic carbocycles. The Kier molecular flexibility index (Phi) is 7.07. The predicted molar refractivity (Wildman–Crippen MR) is 57.8 cm³/mol. The molecule has 0 bridgehead atoms. The number of hydrogen-bond acceptors (Lipinski definition) is 4. The molecule has 1 aliphatic heterocycles. The van der Waals surface area contributed by atoms with Gasteiger partial charge in [-0.15, -0.1) is 0 Å². The zero-order valence-electron chi connectivity index (χ0n) is 8.97. The van der Waals surface area contributed by atoms with Crippen molar-refractivity contribution in [2.45, 2.75) is 51.4 Å². The normalized spacial score (nSPS) is 21.7. The summed E-state index contributed by atoms with van der Waals surface area (Å²) in [5.41, 5.74) is 5.87. The number of rotatable bonds is 0. The lowest BCUT2D eigenvalue weighted by atomic mass is 10.1. The summed E-state index contributed by atoms with van der Waals surface area (Å²) in [5.74, 6) is 0. The molecule has 2 N–H and O–H groups in total. The smallest absolute Gasteiger partial charge is 0.0347 e. The largest absolute Gasteiger partial charge is 0.290 e. The van der Waals surface area contributed by atoms with E-state index < -0.39 is 0 Å². The molecule has 4 heteroatoms. The topological polar surface area (TPSA) is 48.8 Å². The van der Waals surface area contributed by atoms with Crippen LogP contribution in [0.15, 0.2) is 10.4 Å². The van der Waals surface area contributed by atoms with Crippen molar-refractivity contribution < 1.29 is 0 Å². The van der Waals surface area contributed by atoms with Crippen LogP contribution >= 0.6 is 0 Å². The Balaban J connectivity index is 2.09. The third-order valence-corrected chi connectivity index (χ3v) is 2.52. The van der Waals surface area contributed by atoms with Gasteiger partial charge < -0.3 is 0 Å². The van der Waals surface area contributed by atoms with E-state index in [2.05, 4.69) is 21.3 Å². The standard InChI is InChI=1S/C10H22N4/c1-2-4-6-8-10-12-14-13-11-9-7-5-3-1/h1-10H2,(H,11,14)(H,12,13). The van der Waals surface area contributed by atoms with Gasteiger partial charge in [-0.2, -0.15) is 0 Å². The van der Waals surface area contributed by atoms with Crippen LogP contribution < -0.4 is 10.9 Å². The highest BCUT2D eigenvalue weighted by molar-refractivity contribution is 4.49. The molecule has 1 heterocycles. The first-order valence-electron chi connectivity index (χ1n) is 5.85. The van der Waals surface area contributed by atoms with E-state index in [1.807, 2.05) is 0 Å². The summed E-state index contributed by atoms with van der Waals surface area (Å²) in [6.45, 7) is 1.90. The van der Waals surface area contributed by atoms with Crippen LogP contribution in [0.2, 0.25) is 0 Å². The van der Waals surface area contributed by atoms with Gasteiger partial charge in [0, 0.05) is 13.1 Å². The minimum atomic E-state index is 0.950. The van der Waals surface area contributed by atoms with E-state index in [1.54, 1.807) is 0 Å². The molecule has 0 aromatic heterocycles. The molecule has 0 saturated heterocycles. The lowest BCUT2D eigenvalue weighted by Crippen LogP contribution is -2.11. The summed E-state index contributed by atoms with van der Waals surface area (Å²) in [6.07, 6.45) is 10.6. The number of nitrogens with one attached hydrogen (secondary N) is 2. The molecule has 0 atom stereocenters. The van der Waals surface area contributed by atoms with Crippen LogP contribution in [-0.4, -0.2) is 13.1 Å². The first-order chi connectivity index (χ1) is 7.00. The van der Waals surface area contributed by atoms with Crippen LogP contribution in [0, 0.1) is 0 Å². The second-order valence-electron chi connectivity index (χ2n) is 3.84. The summed E-state index contributed by atoms with van der Waals surface area (Å²) >= 11 is 0. The Hall–Kier alpha value is -0.800. The molecule has 0 fully saturated rings. The zero-order chi connectivity index (χ0) is 9.90. The van der Waals surface area contributed by atoms with Gasteiger partial charge in [0.05, 0.1) is 0 Å². The first kappa shape index (κ1) is 11.3. The van der Waals surface area contributed by atoms with Crippen molar-refractivity contribution in [3.05, 3.63) is 0 Å². The van der Waals surface area contributed by atoms with Gasteiger partial charge in [-0.3, -0.25) is 10.9 Å². The van der Waals surface area contributed by atoms with Crippen molar-refractivity contribution in [1.29, 1.82) is 0 Å². The molecule has 0 radical (unpaired) electrons. The minimum absolute atomic E-state index is 0.950. The van der Waals surface area contributed by atoms with Crippen molar-refractivity contribution >= 4 is 0 Å². The van der Waals surface area contributed by atoms with Crippen molar-refractivity contribution in [3.8, 4) is 0 Å². The highest BCUT2D eigenvalue weighted by atomic mass is 15.5. The lowest BCUT2D eigenvalue weighted by Gasteiger charge is -2.04. The van der Waals surface area contributed by atoms with E-state index in [0.29, 0.717) is 0 Å². The molecule has 1 aliphatic rings. The molecule has 1 rings (SSSR count). The Labute approximate surface area is 86.5 Å². The predicted octanol–water partition coefficient (Wildman–Crippen LogP) is 2.58. The van der Waals surface area contributed by atoms with Gasteiger partial charge in [-0.05, 0) is 12.8 Å². The third kappa shape index (κ3) is 6.69. The molecular weight excluding hydrogens is 176 g/mol. The Bertz CT molecular complexity index is 131. The lowest BCUT2D eigenvalue weighted by molar-refractivity contribution is 0.513. The second-order valence-corrected chi connectivity index (χ2v) is 3.84. The van der Waals surface area contributed by atoms with E-state index in [-0.39, 0.29) is 0 Å². The van der Waals surface area contributed by atoms with Crippen LogP contribution in [0.1, 0.15) is 51.4 Å². The fourth-order valence-corrected chi connectivity index (χ4v) is 1.64. The summed E-state index contributed by atoms with van der Waals surface area (Å²) < 4.78 is 0. The van der Waals surface area contributed by atoms with Gasteiger partial charge in [0.1, 0.15) is 0 Å². The van der Waals surface area contributed by atoms with Crippen molar-refractivity contribution in [2.24, 2.45) is 10.4 Å². The summed E-state index contributed by atoms with van der Waals surface area (Å²) in [5, 5.41) is 7.65. The van der Waals surface area contributed by atoms with Gasteiger partial charge in [0.15, 0.2) is 0 Å². The van der Waals surface area contributed by atoms with Crippen molar-refractivity contribution in [3.63, 3.8) is 0 Å². The second kappa shape index (κ2) is 8.78. The summed E-state index contributed by atoms with van der Waals surface area (Å²) in [4.78, 5) is 0. The maximum atomic E-state index is 3.82. The molecular formula is C10H22N4. The van der Waals surface area contributed by atoms with Crippen molar-refractivity contribution in [1.82, 2.24) is 10.9 Å². The van der Waals surface area contributed by atoms with Crippen LogP contribution in [0.5, 0.6) is 0 Å². The fraction of sp³-hybridized carbons (Fsp3) is 1.00. The van der Waals surface area contributed by atoms with Crippen LogP contribution in [0.4, 0.5) is 0 Å². The molecule has 4 nitrogen and oxygen atoms in total. The summed E-state index contributed by atoms with van der Waals surface area (Å²) in [7, 11) is 0. The van der Waals surface area contributed by atoms with E-state index in [0.717, 1.165) is 13.1 Å². The average molecular weight is 198 g/mol. The van der Waals surface area contributed by atoms with Crippen molar-refractivity contribution in [2.75, 3.05) is 13.1 Å². The van der Waals surface area contributed by atoms with Crippen LogP contribution in [0.25, 0.3) is 0 Å². The molecule has 0 amide bonds. The highest BCUT2D eigenvalue weighted by Crippen LogP contribution is 2.08. The van der Waals surface area contributed by atoms with Gasteiger partial charge >= 0.3 is 0 Å². The maximum absolute atomic E-state index is 3.82. The van der Waals surface area contributed by atoms with E-state index in [1.165, 1.54) is 51.4 Å². The van der Waals surface area contributed by atoms with E-state index in [4.69, 9.17) is 0 Å². The monoisotopic (exact) mass is 198 g/mol. The van der Waals surface area contributed by atoms with E-state index in [9.17, 15) is 0 Å². The van der Waals surface area contributed by atoms with Gasteiger partial charge in [0.25, 0.3) is 0 Å². The minimum Gasteiger partial charge on any atom is -0.290 e. The molecule has 0 saturated carbocycles. The molecule has 0 aliphatic carbocycles. The fourth-order valence-electron chi connectivity index (χ4n) is 1.64. The first-order valence-corrected chi connectivity index (χ1v) is 5.85.